The predicted octanol–water partition coefficient (Wildman–Crippen LogP) is 3.22. The normalized spacial score (nSPS) is 12.5. The topological polar surface area (TPSA) is 58.6 Å². The maximum Gasteiger partial charge on any atom is 0.312 e. The largest absolute Gasteiger partial charge is 0.494 e. The van der Waals surface area contributed by atoms with E-state index in [1.54, 1.807) is 4.90 Å². The molecule has 1 N–H and O–H groups in total. The Morgan fingerprint density at radius 1 is 1.25 bits per heavy atom. The van der Waals surface area contributed by atoms with Crippen LogP contribution in [0, 0.1) is 6.92 Å². The number of carbonyl (C=O) groups excluding carboxylic acids is 2. The van der Waals surface area contributed by atoms with Gasteiger partial charge in [-0.25, -0.2) is 0 Å². The monoisotopic (exact) mass is 334 g/mol. The summed E-state index contributed by atoms with van der Waals surface area (Å²) in [5.74, 6) is -0.378. The van der Waals surface area contributed by atoms with Gasteiger partial charge in [-0.2, -0.15) is 0 Å². The first-order valence-corrected chi connectivity index (χ1v) is 8.47. The molecule has 1 atom stereocenters. The second kappa shape index (κ2) is 8.18. The van der Waals surface area contributed by atoms with E-state index in [-0.39, 0.29) is 6.04 Å². The third-order valence-corrected chi connectivity index (χ3v) is 3.84. The highest BCUT2D eigenvalue weighted by Gasteiger charge is 2.30. The second-order valence-corrected chi connectivity index (χ2v) is 6.89. The second-order valence-electron chi connectivity index (χ2n) is 6.89. The summed E-state index contributed by atoms with van der Waals surface area (Å²) in [7, 11) is 0. The minimum absolute atomic E-state index is 0.318. The van der Waals surface area contributed by atoms with Crippen molar-refractivity contribution in [1.82, 2.24) is 10.2 Å². The van der Waals surface area contributed by atoms with Gasteiger partial charge in [0.2, 0.25) is 0 Å². The number of nitrogens with one attached hydrogen (secondary N) is 1. The van der Waals surface area contributed by atoms with E-state index < -0.39 is 17.4 Å². The van der Waals surface area contributed by atoms with Crippen molar-refractivity contribution in [3.8, 4) is 5.75 Å². The predicted molar refractivity (Wildman–Crippen MR) is 96.0 cm³/mol. The molecule has 1 rings (SSSR count). The summed E-state index contributed by atoms with van der Waals surface area (Å²) >= 11 is 0. The van der Waals surface area contributed by atoms with E-state index in [0.29, 0.717) is 13.2 Å². The van der Waals surface area contributed by atoms with Crippen LogP contribution in [0.2, 0.25) is 0 Å². The number of nitrogens with zero attached hydrogens (tertiary/aromatic N) is 1. The Morgan fingerprint density at radius 2 is 1.88 bits per heavy atom. The molecule has 0 bridgehead atoms. The Balaban J connectivity index is 2.95. The van der Waals surface area contributed by atoms with Gasteiger partial charge in [0.1, 0.15) is 5.75 Å². The molecular formula is C19H30N2O3. The number of amides is 2. The molecule has 0 fully saturated rings. The average molecular weight is 334 g/mol. The first-order valence-electron chi connectivity index (χ1n) is 8.47. The molecule has 5 nitrogen and oxygen atoms in total. The lowest BCUT2D eigenvalue weighted by Crippen LogP contribution is -2.51. The van der Waals surface area contributed by atoms with E-state index in [1.807, 2.05) is 66.7 Å². The number of aryl methyl sites for hydroxylation is 1. The molecule has 0 aliphatic heterocycles. The summed E-state index contributed by atoms with van der Waals surface area (Å²) in [5.41, 5.74) is 1.55. The summed E-state index contributed by atoms with van der Waals surface area (Å²) in [5, 5.41) is 2.80. The maximum atomic E-state index is 12.4. The van der Waals surface area contributed by atoms with Crippen molar-refractivity contribution in [2.75, 3.05) is 13.2 Å². The molecule has 2 amide bonds. The Hall–Kier alpha value is -2.04. The lowest BCUT2D eigenvalue weighted by molar-refractivity contribution is -0.149. The molecule has 0 aliphatic rings. The van der Waals surface area contributed by atoms with Crippen molar-refractivity contribution >= 4 is 11.8 Å². The number of hydrogen-bond donors (Lipinski definition) is 1. The van der Waals surface area contributed by atoms with Crippen LogP contribution in [0.15, 0.2) is 18.2 Å². The third kappa shape index (κ3) is 4.98. The molecule has 1 unspecified atom stereocenters. The lowest BCUT2D eigenvalue weighted by atomic mass is 10.0. The summed E-state index contributed by atoms with van der Waals surface area (Å²) in [6.07, 6.45) is 0. The van der Waals surface area contributed by atoms with Crippen LogP contribution in [-0.2, 0) is 9.59 Å². The Morgan fingerprint density at radius 3 is 2.38 bits per heavy atom. The van der Waals surface area contributed by atoms with Crippen molar-refractivity contribution in [2.24, 2.45) is 0 Å². The van der Waals surface area contributed by atoms with Gasteiger partial charge in [0.05, 0.1) is 12.6 Å². The first-order chi connectivity index (χ1) is 11.1. The highest BCUT2D eigenvalue weighted by Crippen LogP contribution is 2.26. The van der Waals surface area contributed by atoms with E-state index in [9.17, 15) is 9.59 Å². The molecule has 5 heteroatoms. The van der Waals surface area contributed by atoms with E-state index in [2.05, 4.69) is 5.32 Å². The molecule has 0 aromatic heterocycles. The number of hydrogen-bond acceptors (Lipinski definition) is 3. The number of carbonyl (C=O) groups is 2. The molecule has 0 spiro atoms. The smallest absolute Gasteiger partial charge is 0.312 e. The first kappa shape index (κ1) is 20.0. The Bertz CT molecular complexity index is 591. The van der Waals surface area contributed by atoms with Gasteiger partial charge in [0.25, 0.3) is 0 Å². The fourth-order valence-corrected chi connectivity index (χ4v) is 2.67. The van der Waals surface area contributed by atoms with Crippen LogP contribution < -0.4 is 10.1 Å². The van der Waals surface area contributed by atoms with Crippen molar-refractivity contribution in [1.29, 1.82) is 0 Å². The molecule has 0 radical (unpaired) electrons. The Labute approximate surface area is 145 Å². The summed E-state index contributed by atoms with van der Waals surface area (Å²) in [4.78, 5) is 26.4. The van der Waals surface area contributed by atoms with Crippen molar-refractivity contribution in [2.45, 2.75) is 60.0 Å². The van der Waals surface area contributed by atoms with Crippen molar-refractivity contribution < 1.29 is 14.3 Å². The lowest BCUT2D eigenvalue weighted by Gasteiger charge is -2.34. The van der Waals surface area contributed by atoms with E-state index in [0.717, 1.165) is 16.9 Å². The van der Waals surface area contributed by atoms with Crippen LogP contribution >= 0.6 is 0 Å². The SMILES string of the molecule is CCOc1ccc(C)cc1C(C)NC(=O)C(=O)N(CC)C(C)(C)C. The number of ether oxygens (including phenoxy) is 1. The van der Waals surface area contributed by atoms with Gasteiger partial charge >= 0.3 is 11.8 Å². The molecule has 134 valence electrons. The molecule has 24 heavy (non-hydrogen) atoms. The van der Waals surface area contributed by atoms with Gasteiger partial charge in [-0.05, 0) is 54.5 Å². The van der Waals surface area contributed by atoms with Crippen molar-refractivity contribution in [3.63, 3.8) is 0 Å². The fourth-order valence-electron chi connectivity index (χ4n) is 2.67. The highest BCUT2D eigenvalue weighted by molar-refractivity contribution is 6.35. The maximum absolute atomic E-state index is 12.4. The van der Waals surface area contributed by atoms with E-state index in [1.165, 1.54) is 0 Å². The zero-order chi connectivity index (χ0) is 18.5. The van der Waals surface area contributed by atoms with Crippen LogP contribution in [0.5, 0.6) is 5.75 Å². The number of rotatable bonds is 5. The van der Waals surface area contributed by atoms with Gasteiger partial charge in [0.15, 0.2) is 0 Å². The molecular weight excluding hydrogens is 304 g/mol. The number of benzene rings is 1. The summed E-state index contributed by atoms with van der Waals surface area (Å²) in [6.45, 7) is 14.4. The van der Waals surface area contributed by atoms with Gasteiger partial charge in [-0.3, -0.25) is 9.59 Å². The molecule has 0 saturated heterocycles. The molecule has 1 aromatic carbocycles. The van der Waals surface area contributed by atoms with Crippen LogP contribution in [-0.4, -0.2) is 35.4 Å². The van der Waals surface area contributed by atoms with Crippen LogP contribution in [0.4, 0.5) is 0 Å². The van der Waals surface area contributed by atoms with Crippen molar-refractivity contribution in [3.05, 3.63) is 29.3 Å². The third-order valence-electron chi connectivity index (χ3n) is 3.84. The number of likely N-dealkylation sites (N-methyl/N-ethyl adjacent to an activating group) is 1. The zero-order valence-corrected chi connectivity index (χ0v) is 15.9. The van der Waals surface area contributed by atoms with Gasteiger partial charge in [-0.1, -0.05) is 17.7 Å². The quantitative estimate of drug-likeness (QED) is 0.841. The Kier molecular flexibility index (Phi) is 6.81. The summed E-state index contributed by atoms with van der Waals surface area (Å²) < 4.78 is 5.63. The van der Waals surface area contributed by atoms with Gasteiger partial charge in [-0.15, -0.1) is 0 Å². The van der Waals surface area contributed by atoms with Gasteiger partial charge in [0, 0.05) is 17.6 Å². The highest BCUT2D eigenvalue weighted by atomic mass is 16.5. The molecule has 0 heterocycles. The molecule has 1 aromatic rings. The van der Waals surface area contributed by atoms with Crippen LogP contribution in [0.3, 0.4) is 0 Å². The van der Waals surface area contributed by atoms with E-state index >= 15 is 0 Å². The fraction of sp³-hybridized carbons (Fsp3) is 0.579. The van der Waals surface area contributed by atoms with Crippen LogP contribution in [0.1, 0.15) is 58.7 Å². The summed E-state index contributed by atoms with van der Waals surface area (Å²) in [6, 6.07) is 5.52. The minimum Gasteiger partial charge on any atom is -0.494 e. The standard InChI is InChI=1S/C19H30N2O3/c1-8-21(19(5,6)7)18(23)17(22)20-14(4)15-12-13(3)10-11-16(15)24-9-2/h10-12,14H,8-9H2,1-7H3,(H,20,22). The minimum atomic E-state index is -0.594. The van der Waals surface area contributed by atoms with Gasteiger partial charge < -0.3 is 15.0 Å². The van der Waals surface area contributed by atoms with Crippen LogP contribution in [0.25, 0.3) is 0 Å². The average Bonchev–Trinajstić information content (AvgIpc) is 2.48. The molecule has 0 saturated carbocycles. The zero-order valence-electron chi connectivity index (χ0n) is 15.9. The van der Waals surface area contributed by atoms with E-state index in [4.69, 9.17) is 4.74 Å². The molecule has 0 aliphatic carbocycles.